The Balaban J connectivity index is 1.55. The number of aromatic nitrogens is 4. The van der Waals surface area contributed by atoms with Crippen LogP contribution in [0.2, 0.25) is 0 Å². The zero-order valence-electron chi connectivity index (χ0n) is 13.6. The van der Waals surface area contributed by atoms with E-state index < -0.39 is 23.9 Å². The van der Waals surface area contributed by atoms with Gasteiger partial charge in [0.05, 0.1) is 6.20 Å². The van der Waals surface area contributed by atoms with Crippen LogP contribution in [-0.4, -0.2) is 26.1 Å². The Morgan fingerprint density at radius 1 is 1.27 bits per heavy atom. The topological polar surface area (TPSA) is 96.7 Å². The Hall–Kier alpha value is -3.17. The molecule has 7 nitrogen and oxygen atoms in total. The van der Waals surface area contributed by atoms with Crippen molar-refractivity contribution in [1.82, 2.24) is 20.2 Å². The molecule has 0 aliphatic rings. The number of H-pyrrole nitrogens is 1. The standard InChI is InChI=1S/C16H14F3N5O2/c1-9-2-4-10(5-3-9)11-8-20-13(26-11)7-6-12(25)21-15-22-14(23-24-15)16(17,18)19/h2-5,8H,6-7H2,1H3,(H2,21,22,23,24,25). The fourth-order valence-corrected chi connectivity index (χ4v) is 2.13. The molecule has 0 fully saturated rings. The number of hydrogen-bond donors (Lipinski definition) is 2. The van der Waals surface area contributed by atoms with Crippen molar-refractivity contribution in [1.29, 1.82) is 0 Å². The van der Waals surface area contributed by atoms with Gasteiger partial charge in [-0.3, -0.25) is 15.2 Å². The number of hydrogen-bond acceptors (Lipinski definition) is 5. The Morgan fingerprint density at radius 3 is 2.65 bits per heavy atom. The summed E-state index contributed by atoms with van der Waals surface area (Å²) >= 11 is 0. The number of benzene rings is 1. The van der Waals surface area contributed by atoms with Gasteiger partial charge < -0.3 is 4.42 Å². The zero-order chi connectivity index (χ0) is 18.7. The van der Waals surface area contributed by atoms with Gasteiger partial charge in [-0.2, -0.15) is 18.2 Å². The van der Waals surface area contributed by atoms with E-state index in [9.17, 15) is 18.0 Å². The number of oxazole rings is 1. The predicted molar refractivity (Wildman–Crippen MR) is 85.0 cm³/mol. The van der Waals surface area contributed by atoms with Gasteiger partial charge in [0, 0.05) is 18.4 Å². The van der Waals surface area contributed by atoms with E-state index in [0.717, 1.165) is 11.1 Å². The second kappa shape index (κ2) is 6.98. The van der Waals surface area contributed by atoms with E-state index in [1.807, 2.05) is 31.2 Å². The normalized spacial score (nSPS) is 11.5. The van der Waals surface area contributed by atoms with Crippen molar-refractivity contribution < 1.29 is 22.4 Å². The highest BCUT2D eigenvalue weighted by Crippen LogP contribution is 2.26. The second-order valence-electron chi connectivity index (χ2n) is 5.54. The molecule has 0 saturated carbocycles. The van der Waals surface area contributed by atoms with E-state index in [1.165, 1.54) is 0 Å². The summed E-state index contributed by atoms with van der Waals surface area (Å²) in [5.74, 6) is -1.34. The fraction of sp³-hybridized carbons (Fsp3) is 0.250. The van der Waals surface area contributed by atoms with Gasteiger partial charge in [0.2, 0.25) is 17.7 Å². The molecule has 0 spiro atoms. The molecule has 2 N–H and O–H groups in total. The summed E-state index contributed by atoms with van der Waals surface area (Å²) in [5.41, 5.74) is 1.98. The van der Waals surface area contributed by atoms with E-state index >= 15 is 0 Å². The minimum Gasteiger partial charge on any atom is -0.441 e. The van der Waals surface area contributed by atoms with Gasteiger partial charge in [0.1, 0.15) is 0 Å². The van der Waals surface area contributed by atoms with Crippen molar-refractivity contribution in [3.05, 3.63) is 47.7 Å². The van der Waals surface area contributed by atoms with Gasteiger partial charge in [0.25, 0.3) is 0 Å². The number of carbonyl (C=O) groups excluding carboxylic acids is 1. The molecule has 3 aromatic rings. The third kappa shape index (κ3) is 4.26. The maximum absolute atomic E-state index is 12.4. The molecule has 0 saturated heterocycles. The van der Waals surface area contributed by atoms with Gasteiger partial charge >= 0.3 is 6.18 Å². The molecule has 0 aliphatic heterocycles. The minimum atomic E-state index is -4.65. The average molecular weight is 365 g/mol. The van der Waals surface area contributed by atoms with Crippen LogP contribution in [0.25, 0.3) is 11.3 Å². The van der Waals surface area contributed by atoms with Crippen molar-refractivity contribution in [2.75, 3.05) is 5.32 Å². The van der Waals surface area contributed by atoms with Crippen molar-refractivity contribution in [2.45, 2.75) is 25.9 Å². The molecule has 2 aromatic heterocycles. The van der Waals surface area contributed by atoms with Crippen molar-refractivity contribution in [2.24, 2.45) is 0 Å². The first-order valence-electron chi connectivity index (χ1n) is 7.62. The number of nitrogens with zero attached hydrogens (tertiary/aromatic N) is 3. The number of anilines is 1. The minimum absolute atomic E-state index is 0.0380. The van der Waals surface area contributed by atoms with E-state index in [2.05, 4.69) is 20.4 Å². The Labute approximate surface area is 145 Å². The molecule has 0 bridgehead atoms. The number of aromatic amines is 1. The molecule has 3 rings (SSSR count). The highest BCUT2D eigenvalue weighted by atomic mass is 19.4. The summed E-state index contributed by atoms with van der Waals surface area (Å²) in [6.45, 7) is 1.97. The summed E-state index contributed by atoms with van der Waals surface area (Å²) in [4.78, 5) is 19.1. The van der Waals surface area contributed by atoms with E-state index in [4.69, 9.17) is 4.42 Å². The largest absolute Gasteiger partial charge is 0.451 e. The maximum atomic E-state index is 12.4. The van der Waals surface area contributed by atoms with Crippen molar-refractivity contribution >= 4 is 11.9 Å². The Bertz CT molecular complexity index is 899. The molecule has 10 heteroatoms. The number of amides is 1. The molecule has 1 aromatic carbocycles. The molecule has 136 valence electrons. The highest BCUT2D eigenvalue weighted by molar-refractivity contribution is 5.88. The third-order valence-corrected chi connectivity index (χ3v) is 3.46. The van der Waals surface area contributed by atoms with Crippen LogP contribution >= 0.6 is 0 Å². The molecule has 0 radical (unpaired) electrons. The van der Waals surface area contributed by atoms with E-state index in [0.29, 0.717) is 11.7 Å². The predicted octanol–water partition coefficient (Wildman–Crippen LogP) is 3.36. The second-order valence-corrected chi connectivity index (χ2v) is 5.54. The lowest BCUT2D eigenvalue weighted by Gasteiger charge is -2.00. The Kier molecular flexibility index (Phi) is 4.74. The molecule has 26 heavy (non-hydrogen) atoms. The van der Waals surface area contributed by atoms with Crippen molar-refractivity contribution in [3.63, 3.8) is 0 Å². The van der Waals surface area contributed by atoms with Gasteiger partial charge in [-0.15, -0.1) is 5.10 Å². The van der Waals surface area contributed by atoms with Gasteiger partial charge in [-0.25, -0.2) is 4.98 Å². The first-order valence-corrected chi connectivity index (χ1v) is 7.62. The van der Waals surface area contributed by atoms with Crippen LogP contribution in [0.15, 0.2) is 34.9 Å². The third-order valence-electron chi connectivity index (χ3n) is 3.46. The molecule has 1 amide bonds. The number of nitrogens with one attached hydrogen (secondary N) is 2. The molecular weight excluding hydrogens is 351 g/mol. The van der Waals surface area contributed by atoms with Crippen LogP contribution in [0, 0.1) is 6.92 Å². The number of halogens is 3. The SMILES string of the molecule is Cc1ccc(-c2cnc(CCC(=O)Nc3n[nH]c(C(F)(F)F)n3)o2)cc1. The smallest absolute Gasteiger partial charge is 0.441 e. The lowest BCUT2D eigenvalue weighted by Crippen LogP contribution is -2.14. The summed E-state index contributed by atoms with van der Waals surface area (Å²) in [6, 6.07) is 7.68. The quantitative estimate of drug-likeness (QED) is 0.723. The molecule has 0 atom stereocenters. The zero-order valence-corrected chi connectivity index (χ0v) is 13.6. The van der Waals surface area contributed by atoms with Crippen LogP contribution in [0.1, 0.15) is 23.7 Å². The number of aryl methyl sites for hydroxylation is 2. The van der Waals surface area contributed by atoms with Crippen molar-refractivity contribution in [3.8, 4) is 11.3 Å². The van der Waals surface area contributed by atoms with Gasteiger partial charge in [-0.1, -0.05) is 29.8 Å². The van der Waals surface area contributed by atoms with E-state index in [1.54, 1.807) is 11.3 Å². The summed E-state index contributed by atoms with van der Waals surface area (Å²) < 4.78 is 42.8. The summed E-state index contributed by atoms with van der Waals surface area (Å²) in [6.07, 6.45) is -2.94. The molecule has 0 aliphatic carbocycles. The summed E-state index contributed by atoms with van der Waals surface area (Å²) in [7, 11) is 0. The van der Waals surface area contributed by atoms with Gasteiger partial charge in [-0.05, 0) is 6.92 Å². The summed E-state index contributed by atoms with van der Waals surface area (Å²) in [5, 5.41) is 7.21. The van der Waals surface area contributed by atoms with Crippen LogP contribution in [0.3, 0.4) is 0 Å². The lowest BCUT2D eigenvalue weighted by molar-refractivity contribution is -0.144. The molecular formula is C16H14F3N5O2. The first kappa shape index (κ1) is 17.6. The molecule has 2 heterocycles. The van der Waals surface area contributed by atoms with E-state index in [-0.39, 0.29) is 12.8 Å². The number of alkyl halides is 3. The van der Waals surface area contributed by atoms with Crippen LogP contribution in [0.4, 0.5) is 19.1 Å². The Morgan fingerprint density at radius 2 is 2.00 bits per heavy atom. The van der Waals surface area contributed by atoms with Crippen LogP contribution in [-0.2, 0) is 17.4 Å². The van der Waals surface area contributed by atoms with Crippen LogP contribution < -0.4 is 5.32 Å². The highest BCUT2D eigenvalue weighted by Gasteiger charge is 2.35. The number of carbonyl (C=O) groups is 1. The monoisotopic (exact) mass is 365 g/mol. The molecule has 0 unspecified atom stereocenters. The maximum Gasteiger partial charge on any atom is 0.451 e. The average Bonchev–Trinajstić information content (AvgIpc) is 3.22. The fourth-order valence-electron chi connectivity index (χ4n) is 2.13. The van der Waals surface area contributed by atoms with Crippen LogP contribution in [0.5, 0.6) is 0 Å². The first-order chi connectivity index (χ1) is 12.3. The number of rotatable bonds is 5. The van der Waals surface area contributed by atoms with Gasteiger partial charge in [0.15, 0.2) is 11.7 Å². The lowest BCUT2D eigenvalue weighted by atomic mass is 10.1.